The summed E-state index contributed by atoms with van der Waals surface area (Å²) in [5, 5.41) is 7.16. The van der Waals surface area contributed by atoms with Gasteiger partial charge in [-0.3, -0.25) is 4.79 Å². The molecule has 2 heterocycles. The Bertz CT molecular complexity index is 2090. The van der Waals surface area contributed by atoms with Gasteiger partial charge in [-0.2, -0.15) is 9.78 Å². The molecule has 4 aromatic carbocycles. The van der Waals surface area contributed by atoms with Crippen LogP contribution in [0.3, 0.4) is 0 Å². The molecule has 0 unspecified atom stereocenters. The summed E-state index contributed by atoms with van der Waals surface area (Å²) in [7, 11) is 0. The minimum absolute atomic E-state index is 0.217. The number of hydrogen-bond donors (Lipinski definition) is 0. The Morgan fingerprint density at radius 2 is 1.66 bits per heavy atom. The standard InChI is InChI=1S/C37H35ClN4O2/c1-6-44-35-19-24(4)31(20-30(35)23(2)3)36-40-33-13-9-7-12-29(33)37(43)42(36)39-21-32-25(5)41(34-14-10-8-11-28(32)34)22-26-15-17-27(38)18-16-26/h7-21,23H,6,22H2,1-5H3. The molecule has 0 bridgehead atoms. The first-order chi connectivity index (χ1) is 21.3. The van der Waals surface area contributed by atoms with E-state index in [0.717, 1.165) is 50.2 Å². The summed E-state index contributed by atoms with van der Waals surface area (Å²) in [6.07, 6.45) is 1.80. The molecule has 0 aliphatic rings. The topological polar surface area (TPSA) is 61.4 Å². The van der Waals surface area contributed by atoms with Gasteiger partial charge in [0.1, 0.15) is 5.75 Å². The second-order valence-electron chi connectivity index (χ2n) is 11.3. The van der Waals surface area contributed by atoms with Crippen molar-refractivity contribution >= 4 is 39.6 Å². The normalized spacial score (nSPS) is 11.8. The molecule has 2 aromatic heterocycles. The molecule has 6 rings (SSSR count). The molecule has 0 saturated heterocycles. The summed E-state index contributed by atoms with van der Waals surface area (Å²) >= 11 is 6.14. The van der Waals surface area contributed by atoms with Crippen molar-refractivity contribution < 1.29 is 4.74 Å². The van der Waals surface area contributed by atoms with Gasteiger partial charge >= 0.3 is 0 Å². The van der Waals surface area contributed by atoms with Gasteiger partial charge in [0, 0.05) is 39.3 Å². The van der Waals surface area contributed by atoms with E-state index in [2.05, 4.69) is 43.5 Å². The highest BCUT2D eigenvalue weighted by Crippen LogP contribution is 2.34. The molecule has 0 saturated carbocycles. The molecule has 0 aliphatic carbocycles. The van der Waals surface area contributed by atoms with E-state index in [-0.39, 0.29) is 11.5 Å². The summed E-state index contributed by atoms with van der Waals surface area (Å²) in [6, 6.07) is 27.7. The fourth-order valence-electron chi connectivity index (χ4n) is 5.79. The number of benzene rings is 4. The molecule has 7 heteroatoms. The zero-order valence-corrected chi connectivity index (χ0v) is 26.4. The van der Waals surface area contributed by atoms with Gasteiger partial charge in [-0.05, 0) is 85.8 Å². The lowest BCUT2D eigenvalue weighted by molar-refractivity contribution is 0.335. The minimum Gasteiger partial charge on any atom is -0.494 e. The van der Waals surface area contributed by atoms with Crippen molar-refractivity contribution in [1.29, 1.82) is 0 Å². The Kier molecular flexibility index (Phi) is 8.11. The molecule has 222 valence electrons. The number of aromatic nitrogens is 3. The zero-order chi connectivity index (χ0) is 31.0. The SMILES string of the molecule is CCOc1cc(C)c(-c2nc3ccccc3c(=O)n2N=Cc2c(C)n(Cc3ccc(Cl)cc3)c3ccccc23)cc1C(C)C. The number of fused-ring (bicyclic) bond motifs is 2. The second-order valence-corrected chi connectivity index (χ2v) is 11.8. The average Bonchev–Trinajstić information content (AvgIpc) is 3.28. The Labute approximate surface area is 262 Å². The van der Waals surface area contributed by atoms with Gasteiger partial charge in [0.25, 0.3) is 5.56 Å². The van der Waals surface area contributed by atoms with E-state index in [9.17, 15) is 4.79 Å². The lowest BCUT2D eigenvalue weighted by Gasteiger charge is -2.18. The molecule has 0 amide bonds. The summed E-state index contributed by atoms with van der Waals surface area (Å²) < 4.78 is 9.69. The highest BCUT2D eigenvalue weighted by Gasteiger charge is 2.19. The van der Waals surface area contributed by atoms with Crippen LogP contribution in [0.4, 0.5) is 0 Å². The molecule has 0 aliphatic heterocycles. The van der Waals surface area contributed by atoms with E-state index in [1.54, 1.807) is 12.3 Å². The number of nitrogens with zero attached hydrogens (tertiary/aromatic N) is 4. The number of halogens is 1. The third kappa shape index (κ3) is 5.42. The predicted octanol–water partition coefficient (Wildman–Crippen LogP) is 8.74. The van der Waals surface area contributed by atoms with Crippen LogP contribution in [0, 0.1) is 13.8 Å². The largest absolute Gasteiger partial charge is 0.494 e. The maximum atomic E-state index is 14.0. The first-order valence-corrected chi connectivity index (χ1v) is 15.3. The quantitative estimate of drug-likeness (QED) is 0.164. The van der Waals surface area contributed by atoms with Gasteiger partial charge in [-0.1, -0.05) is 67.9 Å². The van der Waals surface area contributed by atoms with Crippen LogP contribution >= 0.6 is 11.6 Å². The van der Waals surface area contributed by atoms with E-state index < -0.39 is 0 Å². The van der Waals surface area contributed by atoms with Crippen molar-refractivity contribution in [2.45, 2.75) is 47.1 Å². The molecule has 44 heavy (non-hydrogen) atoms. The van der Waals surface area contributed by atoms with Gasteiger partial charge < -0.3 is 9.30 Å². The van der Waals surface area contributed by atoms with Crippen molar-refractivity contribution in [3.05, 3.63) is 128 Å². The van der Waals surface area contributed by atoms with E-state index in [4.69, 9.17) is 26.4 Å². The molecule has 0 atom stereocenters. The van der Waals surface area contributed by atoms with E-state index in [1.807, 2.05) is 74.5 Å². The molecule has 0 fully saturated rings. The second kappa shape index (κ2) is 12.1. The lowest BCUT2D eigenvalue weighted by Crippen LogP contribution is -2.21. The summed E-state index contributed by atoms with van der Waals surface area (Å²) in [6.45, 7) is 11.6. The van der Waals surface area contributed by atoms with Gasteiger partial charge in [-0.25, -0.2) is 4.98 Å². The van der Waals surface area contributed by atoms with E-state index >= 15 is 0 Å². The van der Waals surface area contributed by atoms with Crippen molar-refractivity contribution in [2.75, 3.05) is 6.61 Å². The third-order valence-corrected chi connectivity index (χ3v) is 8.36. The van der Waals surface area contributed by atoms with Gasteiger partial charge in [0.2, 0.25) is 0 Å². The minimum atomic E-state index is -0.219. The molecular formula is C37H35ClN4O2. The highest BCUT2D eigenvalue weighted by atomic mass is 35.5. The number of aryl methyl sites for hydroxylation is 1. The molecule has 0 radical (unpaired) electrons. The van der Waals surface area contributed by atoms with Crippen LogP contribution in [0.5, 0.6) is 5.75 Å². The van der Waals surface area contributed by atoms with E-state index in [1.165, 1.54) is 4.68 Å². The Morgan fingerprint density at radius 1 is 0.955 bits per heavy atom. The van der Waals surface area contributed by atoms with E-state index in [0.29, 0.717) is 34.9 Å². The maximum Gasteiger partial charge on any atom is 0.282 e. The first-order valence-electron chi connectivity index (χ1n) is 14.9. The summed E-state index contributed by atoms with van der Waals surface area (Å²) in [5.74, 6) is 1.57. The predicted molar refractivity (Wildman–Crippen MR) is 182 cm³/mol. The van der Waals surface area contributed by atoms with Crippen LogP contribution < -0.4 is 10.3 Å². The van der Waals surface area contributed by atoms with Crippen molar-refractivity contribution in [1.82, 2.24) is 14.2 Å². The average molecular weight is 603 g/mol. The monoisotopic (exact) mass is 602 g/mol. The smallest absolute Gasteiger partial charge is 0.282 e. The highest BCUT2D eigenvalue weighted by molar-refractivity contribution is 6.30. The summed E-state index contributed by atoms with van der Waals surface area (Å²) in [4.78, 5) is 19.0. The van der Waals surface area contributed by atoms with Crippen molar-refractivity contribution in [3.8, 4) is 17.1 Å². The maximum absolute atomic E-state index is 14.0. The van der Waals surface area contributed by atoms with Crippen LogP contribution in [-0.4, -0.2) is 27.0 Å². The zero-order valence-electron chi connectivity index (χ0n) is 25.6. The molecular weight excluding hydrogens is 568 g/mol. The number of rotatable bonds is 8. The van der Waals surface area contributed by atoms with Gasteiger partial charge in [-0.15, -0.1) is 0 Å². The molecule has 6 aromatic rings. The van der Waals surface area contributed by atoms with Crippen LogP contribution in [0.25, 0.3) is 33.2 Å². The fraction of sp³-hybridized carbons (Fsp3) is 0.216. The van der Waals surface area contributed by atoms with Crippen LogP contribution in [0.15, 0.2) is 94.8 Å². The Morgan fingerprint density at radius 3 is 2.39 bits per heavy atom. The molecule has 0 N–H and O–H groups in total. The lowest BCUT2D eigenvalue weighted by atomic mass is 9.96. The third-order valence-electron chi connectivity index (χ3n) is 8.11. The summed E-state index contributed by atoms with van der Waals surface area (Å²) in [5.41, 5.74) is 7.52. The van der Waals surface area contributed by atoms with Gasteiger partial charge in [0.15, 0.2) is 5.82 Å². The van der Waals surface area contributed by atoms with Crippen LogP contribution in [-0.2, 0) is 6.54 Å². The van der Waals surface area contributed by atoms with Gasteiger partial charge in [0.05, 0.1) is 23.7 Å². The fourth-order valence-corrected chi connectivity index (χ4v) is 5.91. The number of ether oxygens (including phenoxy) is 1. The first kappa shape index (κ1) is 29.4. The molecule has 6 nitrogen and oxygen atoms in total. The Hall–Kier alpha value is -4.68. The Balaban J connectivity index is 1.54. The van der Waals surface area contributed by atoms with Crippen LogP contribution in [0.2, 0.25) is 5.02 Å². The number of para-hydroxylation sites is 2. The number of hydrogen-bond acceptors (Lipinski definition) is 4. The molecule has 0 spiro atoms. The van der Waals surface area contributed by atoms with Crippen LogP contribution in [0.1, 0.15) is 54.6 Å². The van der Waals surface area contributed by atoms with Crippen molar-refractivity contribution in [2.24, 2.45) is 5.10 Å². The van der Waals surface area contributed by atoms with Crippen molar-refractivity contribution in [3.63, 3.8) is 0 Å².